The van der Waals surface area contributed by atoms with Gasteiger partial charge in [0, 0.05) is 4.90 Å². The minimum Gasteiger partial charge on any atom is -0.489 e. The van der Waals surface area contributed by atoms with E-state index in [0.717, 1.165) is 16.0 Å². The molecule has 0 radical (unpaired) electrons. The van der Waals surface area contributed by atoms with Crippen LogP contribution >= 0.6 is 11.8 Å². The SMILES string of the molecule is Cc1ccc(C2=C(Sc3ccccc3)C(=O)N(c3ccccc3OC(C)C)C2=O)cc1. The van der Waals surface area contributed by atoms with Crippen LogP contribution in [0.4, 0.5) is 5.69 Å². The molecule has 1 heterocycles. The average molecular weight is 430 g/mol. The summed E-state index contributed by atoms with van der Waals surface area (Å²) >= 11 is 1.32. The van der Waals surface area contributed by atoms with Gasteiger partial charge in [0.1, 0.15) is 5.75 Å². The molecular weight excluding hydrogens is 406 g/mol. The van der Waals surface area contributed by atoms with Crippen LogP contribution in [0.3, 0.4) is 0 Å². The van der Waals surface area contributed by atoms with E-state index in [1.54, 1.807) is 18.2 Å². The molecule has 1 aliphatic rings. The van der Waals surface area contributed by atoms with Crippen molar-refractivity contribution in [3.8, 4) is 5.75 Å². The second-order valence-electron chi connectivity index (χ2n) is 7.57. The highest BCUT2D eigenvalue weighted by Gasteiger charge is 2.41. The maximum Gasteiger partial charge on any atom is 0.273 e. The molecule has 3 aromatic rings. The molecule has 0 bridgehead atoms. The van der Waals surface area contributed by atoms with Gasteiger partial charge in [-0.05, 0) is 50.6 Å². The first-order chi connectivity index (χ1) is 15.0. The smallest absolute Gasteiger partial charge is 0.273 e. The van der Waals surface area contributed by atoms with E-state index in [9.17, 15) is 9.59 Å². The van der Waals surface area contributed by atoms with E-state index in [-0.39, 0.29) is 17.9 Å². The van der Waals surface area contributed by atoms with Crippen LogP contribution in [0.15, 0.2) is 88.7 Å². The third-order valence-corrected chi connectivity index (χ3v) is 5.90. The summed E-state index contributed by atoms with van der Waals surface area (Å²) in [6.07, 6.45) is -0.0864. The fourth-order valence-corrected chi connectivity index (χ4v) is 4.41. The van der Waals surface area contributed by atoms with Crippen LogP contribution in [0, 0.1) is 6.92 Å². The molecule has 0 aliphatic carbocycles. The van der Waals surface area contributed by atoms with Crippen LogP contribution < -0.4 is 9.64 Å². The Morgan fingerprint density at radius 3 is 2.13 bits per heavy atom. The van der Waals surface area contributed by atoms with Crippen molar-refractivity contribution in [2.45, 2.75) is 31.8 Å². The van der Waals surface area contributed by atoms with E-state index in [4.69, 9.17) is 4.74 Å². The summed E-state index contributed by atoms with van der Waals surface area (Å²) < 4.78 is 5.89. The Hall–Kier alpha value is -3.31. The van der Waals surface area contributed by atoms with Crippen LogP contribution in [-0.4, -0.2) is 17.9 Å². The monoisotopic (exact) mass is 429 g/mol. The molecule has 3 aromatic carbocycles. The van der Waals surface area contributed by atoms with Crippen LogP contribution in [0.2, 0.25) is 0 Å². The van der Waals surface area contributed by atoms with Crippen molar-refractivity contribution in [1.29, 1.82) is 0 Å². The molecule has 4 rings (SSSR count). The van der Waals surface area contributed by atoms with E-state index in [0.29, 0.717) is 21.9 Å². The number of para-hydroxylation sites is 2. The average Bonchev–Trinajstić information content (AvgIpc) is 2.99. The number of hydrogen-bond donors (Lipinski definition) is 0. The molecule has 0 atom stereocenters. The lowest BCUT2D eigenvalue weighted by Crippen LogP contribution is -2.32. The summed E-state index contributed by atoms with van der Waals surface area (Å²) in [5, 5.41) is 0. The fraction of sp³-hybridized carbons (Fsp3) is 0.154. The number of carbonyl (C=O) groups is 2. The van der Waals surface area contributed by atoms with Gasteiger partial charge in [-0.3, -0.25) is 9.59 Å². The topological polar surface area (TPSA) is 46.6 Å². The number of imide groups is 1. The van der Waals surface area contributed by atoms with Crippen LogP contribution in [-0.2, 0) is 9.59 Å². The van der Waals surface area contributed by atoms with E-state index in [1.165, 1.54) is 16.7 Å². The van der Waals surface area contributed by atoms with E-state index < -0.39 is 0 Å². The number of benzene rings is 3. The van der Waals surface area contributed by atoms with Crippen molar-refractivity contribution in [1.82, 2.24) is 0 Å². The summed E-state index contributed by atoms with van der Waals surface area (Å²) in [6.45, 7) is 5.82. The predicted octanol–water partition coefficient (Wildman–Crippen LogP) is 5.86. The fourth-order valence-electron chi connectivity index (χ4n) is 3.40. The molecule has 0 unspecified atom stereocenters. The molecule has 0 saturated heterocycles. The van der Waals surface area contributed by atoms with Gasteiger partial charge in [-0.2, -0.15) is 0 Å². The Kier molecular flexibility index (Phi) is 5.96. The summed E-state index contributed by atoms with van der Waals surface area (Å²) in [7, 11) is 0. The number of rotatable bonds is 6. The van der Waals surface area contributed by atoms with E-state index >= 15 is 0 Å². The zero-order valence-electron chi connectivity index (χ0n) is 17.7. The summed E-state index contributed by atoms with van der Waals surface area (Å²) in [5.74, 6) is -0.172. The number of nitrogens with zero attached hydrogens (tertiary/aromatic N) is 1. The first-order valence-electron chi connectivity index (χ1n) is 10.1. The van der Waals surface area contributed by atoms with Gasteiger partial charge in [0.2, 0.25) is 0 Å². The third kappa shape index (κ3) is 4.28. The van der Waals surface area contributed by atoms with Gasteiger partial charge in [0.05, 0.1) is 22.3 Å². The molecule has 0 saturated carbocycles. The molecule has 1 aliphatic heterocycles. The second-order valence-corrected chi connectivity index (χ2v) is 8.65. The molecule has 2 amide bonds. The standard InChI is InChI=1S/C26H23NO3S/c1-17(2)30-22-12-8-7-11-21(22)27-25(28)23(19-15-13-18(3)14-16-19)24(26(27)29)31-20-9-5-4-6-10-20/h4-17H,1-3H3. The zero-order chi connectivity index (χ0) is 22.0. The summed E-state index contributed by atoms with van der Waals surface area (Å²) in [4.78, 5) is 29.7. The van der Waals surface area contributed by atoms with Gasteiger partial charge in [-0.25, -0.2) is 4.90 Å². The number of anilines is 1. The number of ether oxygens (including phenoxy) is 1. The van der Waals surface area contributed by atoms with Crippen molar-refractivity contribution in [2.75, 3.05) is 4.90 Å². The molecule has 0 fully saturated rings. The molecular formula is C26H23NO3S. The summed E-state index contributed by atoms with van der Waals surface area (Å²) in [5.41, 5.74) is 2.69. The highest BCUT2D eigenvalue weighted by atomic mass is 32.2. The Balaban J connectivity index is 1.82. The highest BCUT2D eigenvalue weighted by Crippen LogP contribution is 2.43. The van der Waals surface area contributed by atoms with Gasteiger partial charge in [0.25, 0.3) is 11.8 Å². The van der Waals surface area contributed by atoms with Gasteiger partial charge in [-0.15, -0.1) is 0 Å². The maximum atomic E-state index is 13.6. The quantitative estimate of drug-likeness (QED) is 0.461. The lowest BCUT2D eigenvalue weighted by Gasteiger charge is -2.20. The molecule has 31 heavy (non-hydrogen) atoms. The summed E-state index contributed by atoms with van der Waals surface area (Å²) in [6, 6.07) is 24.5. The van der Waals surface area contributed by atoms with Gasteiger partial charge in [-0.1, -0.05) is 71.9 Å². The van der Waals surface area contributed by atoms with Crippen molar-refractivity contribution in [3.05, 3.63) is 94.9 Å². The second kappa shape index (κ2) is 8.82. The number of aryl methyl sites for hydroxylation is 1. The van der Waals surface area contributed by atoms with Crippen LogP contribution in [0.25, 0.3) is 5.57 Å². The van der Waals surface area contributed by atoms with Gasteiger partial charge < -0.3 is 4.74 Å². The zero-order valence-corrected chi connectivity index (χ0v) is 18.5. The van der Waals surface area contributed by atoms with Crippen molar-refractivity contribution in [2.24, 2.45) is 0 Å². The molecule has 0 spiro atoms. The Morgan fingerprint density at radius 2 is 1.45 bits per heavy atom. The van der Waals surface area contributed by atoms with E-state index in [1.807, 2.05) is 81.4 Å². The normalized spacial score (nSPS) is 14.0. The van der Waals surface area contributed by atoms with Crippen LogP contribution in [0.5, 0.6) is 5.75 Å². The lowest BCUT2D eigenvalue weighted by molar-refractivity contribution is -0.119. The first-order valence-corrected chi connectivity index (χ1v) is 11.0. The molecule has 5 heteroatoms. The largest absolute Gasteiger partial charge is 0.489 e. The molecule has 4 nitrogen and oxygen atoms in total. The Labute approximate surface area is 186 Å². The van der Waals surface area contributed by atoms with Gasteiger partial charge >= 0.3 is 0 Å². The van der Waals surface area contributed by atoms with Crippen molar-refractivity contribution < 1.29 is 14.3 Å². The predicted molar refractivity (Wildman–Crippen MR) is 125 cm³/mol. The number of thioether (sulfide) groups is 1. The maximum absolute atomic E-state index is 13.6. The third-order valence-electron chi connectivity index (χ3n) is 4.81. The minimum atomic E-state index is -0.341. The number of hydrogen-bond acceptors (Lipinski definition) is 4. The molecule has 0 N–H and O–H groups in total. The number of amides is 2. The van der Waals surface area contributed by atoms with Crippen LogP contribution in [0.1, 0.15) is 25.0 Å². The molecule has 0 aromatic heterocycles. The van der Waals surface area contributed by atoms with E-state index in [2.05, 4.69) is 0 Å². The minimum absolute atomic E-state index is 0.0864. The molecule has 156 valence electrons. The van der Waals surface area contributed by atoms with Crippen molar-refractivity contribution in [3.63, 3.8) is 0 Å². The lowest BCUT2D eigenvalue weighted by atomic mass is 10.0. The Morgan fingerprint density at radius 1 is 0.806 bits per heavy atom. The van der Waals surface area contributed by atoms with Crippen molar-refractivity contribution >= 4 is 34.8 Å². The van der Waals surface area contributed by atoms with Gasteiger partial charge in [0.15, 0.2) is 0 Å². The highest BCUT2D eigenvalue weighted by molar-refractivity contribution is 8.04. The Bertz CT molecular complexity index is 1150. The number of carbonyl (C=O) groups excluding carboxylic acids is 2. The first kappa shape index (κ1) is 20.9.